The number of H-pyrrole nitrogens is 1. The lowest BCUT2D eigenvalue weighted by Gasteiger charge is -2.24. The monoisotopic (exact) mass is 344 g/mol. The fourth-order valence-corrected chi connectivity index (χ4v) is 3.19. The first kappa shape index (κ1) is 17.3. The summed E-state index contributed by atoms with van der Waals surface area (Å²) in [4.78, 5) is 32.1. The van der Waals surface area contributed by atoms with Crippen molar-refractivity contribution in [1.29, 1.82) is 0 Å². The van der Waals surface area contributed by atoms with E-state index in [1.165, 1.54) is 6.42 Å². The molecular formula is C18H24N4O3. The van der Waals surface area contributed by atoms with Crippen LogP contribution in [0.5, 0.6) is 0 Å². The highest BCUT2D eigenvalue weighted by molar-refractivity contribution is 5.88. The Hall–Kier alpha value is -2.57. The van der Waals surface area contributed by atoms with Crippen LogP contribution in [0, 0.1) is 5.92 Å². The van der Waals surface area contributed by atoms with Gasteiger partial charge in [0.05, 0.1) is 18.9 Å². The van der Waals surface area contributed by atoms with E-state index in [1.54, 1.807) is 31.1 Å². The number of rotatable bonds is 7. The highest BCUT2D eigenvalue weighted by Gasteiger charge is 2.27. The molecule has 2 amide bonds. The number of amides is 2. The smallest absolute Gasteiger partial charge is 0.243 e. The molecule has 0 spiro atoms. The van der Waals surface area contributed by atoms with Crippen molar-refractivity contribution >= 4 is 11.8 Å². The molecule has 1 unspecified atom stereocenters. The van der Waals surface area contributed by atoms with Gasteiger partial charge < -0.3 is 20.0 Å². The van der Waals surface area contributed by atoms with Gasteiger partial charge in [-0.15, -0.1) is 0 Å². The number of carbonyl (C=O) groups excluding carboxylic acids is 2. The molecule has 0 saturated heterocycles. The van der Waals surface area contributed by atoms with E-state index in [9.17, 15) is 9.59 Å². The van der Waals surface area contributed by atoms with Crippen LogP contribution in [0.2, 0.25) is 0 Å². The van der Waals surface area contributed by atoms with Crippen LogP contribution < -0.4 is 10.6 Å². The summed E-state index contributed by atoms with van der Waals surface area (Å²) in [7, 11) is 0. The fraction of sp³-hybridized carbons (Fsp3) is 0.500. The molecule has 1 aliphatic rings. The molecule has 1 fully saturated rings. The summed E-state index contributed by atoms with van der Waals surface area (Å²) >= 11 is 0. The first-order valence-corrected chi connectivity index (χ1v) is 8.79. The number of nitrogens with zero attached hydrogens (tertiary/aromatic N) is 1. The van der Waals surface area contributed by atoms with Gasteiger partial charge in [0.25, 0.3) is 0 Å². The first-order chi connectivity index (χ1) is 12.2. The van der Waals surface area contributed by atoms with Crippen molar-refractivity contribution < 1.29 is 14.0 Å². The van der Waals surface area contributed by atoms with E-state index in [0.717, 1.165) is 36.9 Å². The van der Waals surface area contributed by atoms with Crippen LogP contribution in [0.1, 0.15) is 43.4 Å². The van der Waals surface area contributed by atoms with Crippen molar-refractivity contribution in [3.05, 3.63) is 42.4 Å². The van der Waals surface area contributed by atoms with E-state index in [1.807, 2.05) is 0 Å². The van der Waals surface area contributed by atoms with E-state index in [0.29, 0.717) is 13.0 Å². The van der Waals surface area contributed by atoms with Crippen molar-refractivity contribution in [2.45, 2.75) is 51.1 Å². The Morgan fingerprint density at radius 3 is 2.84 bits per heavy atom. The zero-order valence-electron chi connectivity index (χ0n) is 14.2. The normalized spacial score (nSPS) is 16.3. The van der Waals surface area contributed by atoms with Gasteiger partial charge in [0.1, 0.15) is 6.04 Å². The number of imidazole rings is 1. The van der Waals surface area contributed by atoms with E-state index in [2.05, 4.69) is 20.6 Å². The summed E-state index contributed by atoms with van der Waals surface area (Å²) < 4.78 is 5.00. The van der Waals surface area contributed by atoms with E-state index < -0.39 is 6.04 Å². The molecule has 1 atom stereocenters. The van der Waals surface area contributed by atoms with Crippen LogP contribution in [-0.4, -0.2) is 27.8 Å². The molecule has 7 heteroatoms. The maximum Gasteiger partial charge on any atom is 0.243 e. The number of nitrogens with one attached hydrogen (secondary N) is 3. The number of carbonyl (C=O) groups is 2. The third-order valence-corrected chi connectivity index (χ3v) is 4.63. The van der Waals surface area contributed by atoms with Gasteiger partial charge in [-0.05, 0) is 18.9 Å². The van der Waals surface area contributed by atoms with Gasteiger partial charge in [0, 0.05) is 36.3 Å². The summed E-state index contributed by atoms with van der Waals surface area (Å²) in [6, 6.07) is 1.17. The molecular weight excluding hydrogens is 320 g/mol. The second-order valence-corrected chi connectivity index (χ2v) is 6.53. The maximum atomic E-state index is 12.6. The molecule has 3 rings (SSSR count). The van der Waals surface area contributed by atoms with Crippen LogP contribution in [0.15, 0.2) is 35.5 Å². The summed E-state index contributed by atoms with van der Waals surface area (Å²) in [5.74, 6) is -0.220. The first-order valence-electron chi connectivity index (χ1n) is 8.79. The number of aromatic nitrogens is 2. The van der Waals surface area contributed by atoms with Gasteiger partial charge in [0.2, 0.25) is 11.8 Å². The molecule has 25 heavy (non-hydrogen) atoms. The lowest BCUT2D eigenvalue weighted by Crippen LogP contribution is -2.49. The third-order valence-electron chi connectivity index (χ3n) is 4.63. The Labute approximate surface area is 146 Å². The molecule has 2 heterocycles. The predicted octanol–water partition coefficient (Wildman–Crippen LogP) is 1.93. The van der Waals surface area contributed by atoms with Gasteiger partial charge in [-0.3, -0.25) is 9.59 Å². The highest BCUT2D eigenvalue weighted by atomic mass is 16.3. The molecule has 1 saturated carbocycles. The maximum absolute atomic E-state index is 12.6. The molecule has 3 N–H and O–H groups in total. The van der Waals surface area contributed by atoms with Crippen LogP contribution >= 0.6 is 0 Å². The Morgan fingerprint density at radius 2 is 2.16 bits per heavy atom. The minimum absolute atomic E-state index is 0.0136. The predicted molar refractivity (Wildman–Crippen MR) is 91.4 cm³/mol. The summed E-state index contributed by atoms with van der Waals surface area (Å²) in [6.07, 6.45) is 11.9. The number of aromatic amines is 1. The largest absolute Gasteiger partial charge is 0.472 e. The second-order valence-electron chi connectivity index (χ2n) is 6.53. The topological polar surface area (TPSA) is 100 Å². The molecule has 2 aromatic rings. The van der Waals surface area contributed by atoms with Gasteiger partial charge in [-0.25, -0.2) is 4.98 Å². The SMILES string of the molecule is O=C(NC(Cc1cnc[nH]1)C(=O)NCc1ccoc1)C1CCCCC1. The lowest BCUT2D eigenvalue weighted by atomic mass is 9.88. The highest BCUT2D eigenvalue weighted by Crippen LogP contribution is 2.23. The molecule has 0 radical (unpaired) electrons. The van der Waals surface area contributed by atoms with Crippen molar-refractivity contribution in [3.63, 3.8) is 0 Å². The molecule has 2 aromatic heterocycles. The average Bonchev–Trinajstić information content (AvgIpc) is 3.33. The number of hydrogen-bond acceptors (Lipinski definition) is 4. The zero-order chi connectivity index (χ0) is 17.5. The number of hydrogen-bond donors (Lipinski definition) is 3. The van der Waals surface area contributed by atoms with E-state index in [4.69, 9.17) is 4.42 Å². The van der Waals surface area contributed by atoms with Gasteiger partial charge >= 0.3 is 0 Å². The fourth-order valence-electron chi connectivity index (χ4n) is 3.19. The number of furan rings is 1. The molecule has 134 valence electrons. The summed E-state index contributed by atoms with van der Waals surface area (Å²) in [5, 5.41) is 5.79. The molecule has 0 bridgehead atoms. The third kappa shape index (κ3) is 4.95. The van der Waals surface area contributed by atoms with Crippen LogP contribution in [0.4, 0.5) is 0 Å². The molecule has 1 aliphatic carbocycles. The van der Waals surface area contributed by atoms with E-state index >= 15 is 0 Å². The van der Waals surface area contributed by atoms with Crippen molar-refractivity contribution in [1.82, 2.24) is 20.6 Å². The van der Waals surface area contributed by atoms with Crippen LogP contribution in [0.25, 0.3) is 0 Å². The van der Waals surface area contributed by atoms with Crippen molar-refractivity contribution in [3.8, 4) is 0 Å². The standard InChI is InChI=1S/C18H24N4O3/c23-17(14-4-2-1-3-5-14)22-16(8-15-10-19-12-21-15)18(24)20-9-13-6-7-25-11-13/h6-7,10-12,14,16H,1-5,8-9H2,(H,19,21)(H,20,24)(H,22,23). The minimum Gasteiger partial charge on any atom is -0.472 e. The Kier molecular flexibility index (Phi) is 5.87. The average molecular weight is 344 g/mol. The second kappa shape index (κ2) is 8.50. The molecule has 7 nitrogen and oxygen atoms in total. The quantitative estimate of drug-likeness (QED) is 0.714. The summed E-state index contributed by atoms with van der Waals surface area (Å²) in [6.45, 7) is 0.369. The van der Waals surface area contributed by atoms with Gasteiger partial charge in [-0.2, -0.15) is 0 Å². The van der Waals surface area contributed by atoms with Crippen molar-refractivity contribution in [2.24, 2.45) is 5.92 Å². The Bertz CT molecular complexity index is 661. The van der Waals surface area contributed by atoms with E-state index in [-0.39, 0.29) is 17.7 Å². The summed E-state index contributed by atoms with van der Waals surface area (Å²) in [5.41, 5.74) is 1.69. The van der Waals surface area contributed by atoms with Crippen LogP contribution in [-0.2, 0) is 22.6 Å². The zero-order valence-corrected chi connectivity index (χ0v) is 14.2. The van der Waals surface area contributed by atoms with Gasteiger partial charge in [-0.1, -0.05) is 19.3 Å². The lowest BCUT2D eigenvalue weighted by molar-refractivity contribution is -0.131. The Balaban J connectivity index is 1.61. The molecule has 0 aliphatic heterocycles. The minimum atomic E-state index is -0.623. The van der Waals surface area contributed by atoms with Crippen LogP contribution in [0.3, 0.4) is 0 Å². The van der Waals surface area contributed by atoms with Gasteiger partial charge in [0.15, 0.2) is 0 Å². The molecule has 0 aromatic carbocycles. The Morgan fingerprint density at radius 1 is 1.32 bits per heavy atom. The van der Waals surface area contributed by atoms with Crippen molar-refractivity contribution in [2.75, 3.05) is 0 Å².